The maximum absolute atomic E-state index is 12.4. The zero-order chi connectivity index (χ0) is 5.98. The van der Waals surface area contributed by atoms with Crippen molar-refractivity contribution in [3.63, 3.8) is 0 Å². The summed E-state index contributed by atoms with van der Waals surface area (Å²) in [6.07, 6.45) is 0.0833. The van der Waals surface area contributed by atoms with Gasteiger partial charge in [-0.2, -0.15) is 11.8 Å². The molecular weight excluding hydrogens is 125 g/mol. The molecule has 1 saturated heterocycles. The molecule has 0 amide bonds. The molecule has 1 aliphatic heterocycles. The SMILES string of the molecule is NC1CCSCC1F. The van der Waals surface area contributed by atoms with Crippen molar-refractivity contribution in [2.24, 2.45) is 5.73 Å². The second-order valence-electron chi connectivity index (χ2n) is 2.04. The Labute approximate surface area is 52.8 Å². The van der Waals surface area contributed by atoms with Gasteiger partial charge in [-0.25, -0.2) is 4.39 Å². The van der Waals surface area contributed by atoms with E-state index in [9.17, 15) is 4.39 Å². The summed E-state index contributed by atoms with van der Waals surface area (Å²) < 4.78 is 12.4. The number of rotatable bonds is 0. The summed E-state index contributed by atoms with van der Waals surface area (Å²) in [6.45, 7) is 0. The molecule has 0 bridgehead atoms. The van der Waals surface area contributed by atoms with Gasteiger partial charge in [0.2, 0.25) is 0 Å². The van der Waals surface area contributed by atoms with E-state index in [0.717, 1.165) is 12.2 Å². The first-order valence-electron chi connectivity index (χ1n) is 2.78. The molecule has 0 aromatic rings. The lowest BCUT2D eigenvalue weighted by atomic mass is 10.1. The van der Waals surface area contributed by atoms with E-state index in [1.807, 2.05) is 0 Å². The standard InChI is InChI=1S/C5H10FNS/c6-4-3-8-2-1-5(4)7/h4-5H,1-3,7H2. The van der Waals surface area contributed by atoms with Crippen LogP contribution in [0.1, 0.15) is 6.42 Å². The second kappa shape index (κ2) is 2.69. The van der Waals surface area contributed by atoms with Gasteiger partial charge in [0.05, 0.1) is 0 Å². The summed E-state index contributed by atoms with van der Waals surface area (Å²) in [6, 6.07) is -0.184. The Bertz CT molecular complexity index is 68.8. The van der Waals surface area contributed by atoms with E-state index in [2.05, 4.69) is 0 Å². The topological polar surface area (TPSA) is 26.0 Å². The van der Waals surface area contributed by atoms with Gasteiger partial charge in [-0.05, 0) is 12.2 Å². The van der Waals surface area contributed by atoms with Crippen molar-refractivity contribution in [3.05, 3.63) is 0 Å². The third-order valence-corrected chi connectivity index (χ3v) is 2.42. The predicted octanol–water partition coefficient (Wildman–Crippen LogP) is 0.789. The van der Waals surface area contributed by atoms with Crippen molar-refractivity contribution < 1.29 is 4.39 Å². The summed E-state index contributed by atoms with van der Waals surface area (Å²) in [5.74, 6) is 1.63. The molecule has 3 heteroatoms. The molecule has 1 fully saturated rings. The quantitative estimate of drug-likeness (QED) is 0.531. The molecular formula is C5H10FNS. The van der Waals surface area contributed by atoms with Gasteiger partial charge in [0.1, 0.15) is 6.17 Å². The highest BCUT2D eigenvalue weighted by Gasteiger charge is 2.20. The van der Waals surface area contributed by atoms with Crippen LogP contribution in [0.4, 0.5) is 4.39 Å². The van der Waals surface area contributed by atoms with Crippen LogP contribution >= 0.6 is 11.8 Å². The van der Waals surface area contributed by atoms with Crippen molar-refractivity contribution in [1.82, 2.24) is 0 Å². The molecule has 0 aromatic carbocycles. The summed E-state index contributed by atoms with van der Waals surface area (Å²) in [5.41, 5.74) is 5.39. The Balaban J connectivity index is 2.28. The van der Waals surface area contributed by atoms with Gasteiger partial charge < -0.3 is 5.73 Å². The summed E-state index contributed by atoms with van der Waals surface area (Å²) in [5, 5.41) is 0. The van der Waals surface area contributed by atoms with Crippen LogP contribution in [0.15, 0.2) is 0 Å². The zero-order valence-electron chi connectivity index (χ0n) is 4.64. The molecule has 0 radical (unpaired) electrons. The highest BCUT2D eigenvalue weighted by atomic mass is 32.2. The van der Waals surface area contributed by atoms with Gasteiger partial charge in [-0.15, -0.1) is 0 Å². The van der Waals surface area contributed by atoms with Gasteiger partial charge >= 0.3 is 0 Å². The molecule has 2 atom stereocenters. The number of halogens is 1. The molecule has 0 saturated carbocycles. The molecule has 1 heterocycles. The zero-order valence-corrected chi connectivity index (χ0v) is 5.46. The molecule has 1 rings (SSSR count). The molecule has 48 valence electrons. The van der Waals surface area contributed by atoms with Gasteiger partial charge in [0.25, 0.3) is 0 Å². The number of thioether (sulfide) groups is 1. The average Bonchev–Trinajstić information content (AvgIpc) is 1.77. The van der Waals surface area contributed by atoms with Crippen LogP contribution in [0.2, 0.25) is 0 Å². The molecule has 0 spiro atoms. The molecule has 0 aromatic heterocycles. The fourth-order valence-corrected chi connectivity index (χ4v) is 1.80. The second-order valence-corrected chi connectivity index (χ2v) is 3.19. The maximum atomic E-state index is 12.4. The van der Waals surface area contributed by atoms with Crippen LogP contribution < -0.4 is 5.73 Å². The predicted molar refractivity (Wildman–Crippen MR) is 34.8 cm³/mol. The number of hydrogen-bond donors (Lipinski definition) is 1. The lowest BCUT2D eigenvalue weighted by Gasteiger charge is -2.20. The van der Waals surface area contributed by atoms with Crippen LogP contribution in [0.3, 0.4) is 0 Å². The van der Waals surface area contributed by atoms with Crippen molar-refractivity contribution in [3.8, 4) is 0 Å². The number of nitrogens with two attached hydrogens (primary N) is 1. The average molecular weight is 135 g/mol. The Hall–Kier alpha value is 0.240. The monoisotopic (exact) mass is 135 g/mol. The van der Waals surface area contributed by atoms with Crippen molar-refractivity contribution in [2.45, 2.75) is 18.6 Å². The van der Waals surface area contributed by atoms with Crippen molar-refractivity contribution >= 4 is 11.8 Å². The minimum absolute atomic E-state index is 0.184. The Morgan fingerprint density at radius 2 is 2.38 bits per heavy atom. The van der Waals surface area contributed by atoms with Crippen LogP contribution in [-0.4, -0.2) is 23.7 Å². The van der Waals surface area contributed by atoms with Gasteiger partial charge in [-0.1, -0.05) is 0 Å². The summed E-state index contributed by atoms with van der Waals surface area (Å²) >= 11 is 1.65. The minimum Gasteiger partial charge on any atom is -0.325 e. The van der Waals surface area contributed by atoms with E-state index in [1.54, 1.807) is 11.8 Å². The summed E-state index contributed by atoms with van der Waals surface area (Å²) in [7, 11) is 0. The first-order chi connectivity index (χ1) is 3.80. The van der Waals surface area contributed by atoms with Crippen LogP contribution in [0.25, 0.3) is 0 Å². The first-order valence-corrected chi connectivity index (χ1v) is 3.93. The third kappa shape index (κ3) is 1.36. The number of hydrogen-bond acceptors (Lipinski definition) is 2. The lowest BCUT2D eigenvalue weighted by Crippen LogP contribution is -2.36. The Kier molecular flexibility index (Phi) is 2.14. The lowest BCUT2D eigenvalue weighted by molar-refractivity contribution is 0.301. The third-order valence-electron chi connectivity index (χ3n) is 1.34. The molecule has 1 nitrogen and oxygen atoms in total. The fourth-order valence-electron chi connectivity index (χ4n) is 0.720. The van der Waals surface area contributed by atoms with Crippen LogP contribution in [0, 0.1) is 0 Å². The molecule has 0 aliphatic carbocycles. The first kappa shape index (κ1) is 6.36. The van der Waals surface area contributed by atoms with E-state index in [4.69, 9.17) is 5.73 Å². The molecule has 1 aliphatic rings. The Morgan fingerprint density at radius 1 is 1.62 bits per heavy atom. The van der Waals surface area contributed by atoms with Crippen LogP contribution in [-0.2, 0) is 0 Å². The molecule has 2 unspecified atom stereocenters. The normalized spacial score (nSPS) is 39.8. The fraction of sp³-hybridized carbons (Fsp3) is 1.00. The molecule has 8 heavy (non-hydrogen) atoms. The van der Waals surface area contributed by atoms with E-state index < -0.39 is 6.17 Å². The van der Waals surface area contributed by atoms with Gasteiger partial charge in [-0.3, -0.25) is 0 Å². The van der Waals surface area contributed by atoms with E-state index in [1.165, 1.54) is 0 Å². The van der Waals surface area contributed by atoms with Crippen molar-refractivity contribution in [2.75, 3.05) is 11.5 Å². The summed E-state index contributed by atoms with van der Waals surface area (Å²) in [4.78, 5) is 0. The molecule has 2 N–H and O–H groups in total. The van der Waals surface area contributed by atoms with Crippen molar-refractivity contribution in [1.29, 1.82) is 0 Å². The number of alkyl halides is 1. The largest absolute Gasteiger partial charge is 0.325 e. The highest BCUT2D eigenvalue weighted by molar-refractivity contribution is 7.99. The minimum atomic E-state index is -0.756. The van der Waals surface area contributed by atoms with E-state index in [0.29, 0.717) is 5.75 Å². The van der Waals surface area contributed by atoms with Gasteiger partial charge in [0, 0.05) is 11.8 Å². The van der Waals surface area contributed by atoms with Gasteiger partial charge in [0.15, 0.2) is 0 Å². The van der Waals surface area contributed by atoms with Crippen LogP contribution in [0.5, 0.6) is 0 Å². The highest BCUT2D eigenvalue weighted by Crippen LogP contribution is 2.18. The maximum Gasteiger partial charge on any atom is 0.124 e. The Morgan fingerprint density at radius 3 is 2.75 bits per heavy atom. The van der Waals surface area contributed by atoms with E-state index >= 15 is 0 Å². The smallest absolute Gasteiger partial charge is 0.124 e. The van der Waals surface area contributed by atoms with E-state index in [-0.39, 0.29) is 6.04 Å².